The Hall–Kier alpha value is -2.83. The first-order valence-electron chi connectivity index (χ1n) is 12.9. The molecule has 2 aromatic heterocycles. The van der Waals surface area contributed by atoms with E-state index in [2.05, 4.69) is 32.0 Å². The van der Waals surface area contributed by atoms with Crippen molar-refractivity contribution in [3.05, 3.63) is 35.1 Å². The molecule has 2 aromatic carbocycles. The quantitative estimate of drug-likeness (QED) is 0.396. The fourth-order valence-electron chi connectivity index (χ4n) is 5.86. The zero-order chi connectivity index (χ0) is 26.0. The molecule has 38 heavy (non-hydrogen) atoms. The molecule has 3 aliphatic heterocycles. The van der Waals surface area contributed by atoms with Crippen molar-refractivity contribution in [3.8, 4) is 11.1 Å². The van der Waals surface area contributed by atoms with Crippen LogP contribution in [-0.2, 0) is 4.74 Å². The Kier molecular flexibility index (Phi) is 6.01. The third-order valence-electron chi connectivity index (χ3n) is 7.83. The Bertz CT molecular complexity index is 1540. The van der Waals surface area contributed by atoms with Crippen molar-refractivity contribution in [2.75, 3.05) is 75.0 Å². The van der Waals surface area contributed by atoms with E-state index in [4.69, 9.17) is 32.0 Å². The lowest BCUT2D eigenvalue weighted by Gasteiger charge is -2.33. The van der Waals surface area contributed by atoms with Crippen molar-refractivity contribution in [1.29, 1.82) is 0 Å². The highest BCUT2D eigenvalue weighted by atomic mass is 35.5. The molecule has 9 nitrogen and oxygen atoms in total. The van der Waals surface area contributed by atoms with Gasteiger partial charge >= 0.3 is 0 Å². The summed E-state index contributed by atoms with van der Waals surface area (Å²) in [5, 5.41) is 4.71. The lowest BCUT2D eigenvalue weighted by molar-refractivity contribution is -0.0362. The maximum Gasteiger partial charge on any atom is 0.228 e. The van der Waals surface area contributed by atoms with Gasteiger partial charge in [0, 0.05) is 62.3 Å². The van der Waals surface area contributed by atoms with Crippen LogP contribution in [0.5, 0.6) is 0 Å². The van der Waals surface area contributed by atoms with Gasteiger partial charge in [-0.05, 0) is 19.2 Å². The minimum absolute atomic E-state index is 0.0778. The number of rotatable bonds is 3. The molecule has 3 fully saturated rings. The molecule has 3 aliphatic rings. The average Bonchev–Trinajstić information content (AvgIpc) is 3.53. The number of nitrogens with two attached hydrogens (primary N) is 1. The molecule has 4 aromatic rings. The second-order valence-corrected chi connectivity index (χ2v) is 11.6. The van der Waals surface area contributed by atoms with Gasteiger partial charge in [-0.3, -0.25) is 4.90 Å². The Balaban J connectivity index is 1.41. The van der Waals surface area contributed by atoms with Crippen LogP contribution < -0.4 is 20.9 Å². The summed E-state index contributed by atoms with van der Waals surface area (Å²) in [6, 6.07) is 7.67. The van der Waals surface area contributed by atoms with Gasteiger partial charge in [0.1, 0.15) is 11.3 Å². The number of nitrogen functional groups attached to an aromatic ring is 1. The van der Waals surface area contributed by atoms with Crippen LogP contribution in [0.4, 0.5) is 21.3 Å². The molecule has 0 saturated carbocycles. The number of likely N-dealkylation sites (N-methyl/N-ethyl adjacent to an activating group) is 1. The molecular weight excluding hydrogens is 527 g/mol. The van der Waals surface area contributed by atoms with E-state index in [9.17, 15) is 0 Å². The number of hydrogen-bond donors (Lipinski definition) is 2. The number of benzene rings is 2. The fourth-order valence-corrected chi connectivity index (χ4v) is 6.92. The van der Waals surface area contributed by atoms with Crippen molar-refractivity contribution in [2.45, 2.75) is 12.1 Å². The predicted octanol–water partition coefficient (Wildman–Crippen LogP) is 3.21. The summed E-state index contributed by atoms with van der Waals surface area (Å²) in [7, 11) is 2.12. The highest BCUT2D eigenvalue weighted by Crippen LogP contribution is 2.42. The molecule has 3 saturated heterocycles. The van der Waals surface area contributed by atoms with Crippen LogP contribution in [0.1, 0.15) is 0 Å². The van der Waals surface area contributed by atoms with Gasteiger partial charge in [-0.15, -0.1) is 0 Å². The van der Waals surface area contributed by atoms with Gasteiger partial charge in [0.15, 0.2) is 10.9 Å². The number of ether oxygens (including phenoxy) is 1. The molecule has 12 heteroatoms. The third kappa shape index (κ3) is 3.95. The van der Waals surface area contributed by atoms with Crippen LogP contribution in [0.15, 0.2) is 24.3 Å². The van der Waals surface area contributed by atoms with E-state index in [1.54, 1.807) is 6.07 Å². The number of morpholine rings is 1. The molecule has 0 bridgehead atoms. The van der Waals surface area contributed by atoms with Gasteiger partial charge in [-0.2, -0.15) is 4.98 Å². The van der Waals surface area contributed by atoms with Crippen molar-refractivity contribution in [2.24, 2.45) is 0 Å². The first-order valence-corrected chi connectivity index (χ1v) is 14.0. The second kappa shape index (κ2) is 9.42. The molecule has 0 aliphatic carbocycles. The SMILES string of the molecule is CN1CCO[C@H]2CN(c3nc(N4CCNCC4)c4cc(Cl)c(-c5cccc6sc(N)nc56)c(F)c4n3)C[C@@H]21. The van der Waals surface area contributed by atoms with E-state index in [0.717, 1.165) is 44.0 Å². The van der Waals surface area contributed by atoms with E-state index in [0.29, 0.717) is 51.5 Å². The summed E-state index contributed by atoms with van der Waals surface area (Å²) in [6.07, 6.45) is 0.0778. The number of aromatic nitrogens is 3. The van der Waals surface area contributed by atoms with Crippen molar-refractivity contribution < 1.29 is 9.13 Å². The third-order valence-corrected chi connectivity index (χ3v) is 8.98. The molecule has 0 amide bonds. The molecule has 0 radical (unpaired) electrons. The van der Waals surface area contributed by atoms with Crippen LogP contribution in [0.3, 0.4) is 0 Å². The van der Waals surface area contributed by atoms with E-state index >= 15 is 4.39 Å². The number of nitrogens with one attached hydrogen (secondary N) is 1. The Morgan fingerprint density at radius 1 is 1.11 bits per heavy atom. The topological polar surface area (TPSA) is 95.7 Å². The first-order chi connectivity index (χ1) is 18.5. The second-order valence-electron chi connectivity index (χ2n) is 10.1. The predicted molar refractivity (Wildman–Crippen MR) is 151 cm³/mol. The number of para-hydroxylation sites is 1. The Morgan fingerprint density at radius 3 is 2.76 bits per heavy atom. The van der Waals surface area contributed by atoms with Gasteiger partial charge in [0.25, 0.3) is 0 Å². The normalized spacial score (nSPS) is 22.5. The highest BCUT2D eigenvalue weighted by molar-refractivity contribution is 7.22. The standard InChI is InChI=1S/C26H28ClFN8OS/c1-34-9-10-37-18-13-36(12-17(18)34)26-32-23-15(24(33-26)35-7-5-30-6-8-35)11-16(27)20(21(23)28)14-3-2-4-19-22(14)31-25(29)38-19/h2-4,11,17-18,30H,5-10,12-13H2,1H3,(H2,29,31)/t17-,18-/m0/s1. The van der Waals surface area contributed by atoms with Gasteiger partial charge < -0.3 is 25.6 Å². The maximum absolute atomic E-state index is 16.6. The number of fused-ring (bicyclic) bond motifs is 3. The van der Waals surface area contributed by atoms with Crippen LogP contribution >= 0.6 is 22.9 Å². The minimum atomic E-state index is -0.475. The summed E-state index contributed by atoms with van der Waals surface area (Å²) in [5.41, 5.74) is 7.76. The molecule has 5 heterocycles. The number of hydrogen-bond acceptors (Lipinski definition) is 10. The fraction of sp³-hybridized carbons (Fsp3) is 0.423. The molecule has 198 valence electrons. The molecule has 2 atom stereocenters. The summed E-state index contributed by atoms with van der Waals surface area (Å²) >= 11 is 8.18. The average molecular weight is 555 g/mol. The van der Waals surface area contributed by atoms with Gasteiger partial charge in [0.05, 0.1) is 34.0 Å². The van der Waals surface area contributed by atoms with E-state index < -0.39 is 5.82 Å². The smallest absolute Gasteiger partial charge is 0.228 e. The number of piperazine rings is 1. The molecule has 0 spiro atoms. The maximum atomic E-state index is 16.6. The molecule has 0 unspecified atom stereocenters. The molecule has 3 N–H and O–H groups in total. The van der Waals surface area contributed by atoms with Crippen LogP contribution in [-0.4, -0.2) is 91.5 Å². The summed E-state index contributed by atoms with van der Waals surface area (Å²) < 4.78 is 23.5. The first kappa shape index (κ1) is 24.2. The molecular formula is C26H28ClFN8OS. The number of halogens is 2. The highest BCUT2D eigenvalue weighted by Gasteiger charge is 2.40. The van der Waals surface area contributed by atoms with Crippen LogP contribution in [0.2, 0.25) is 5.02 Å². The van der Waals surface area contributed by atoms with E-state index in [-0.39, 0.29) is 23.2 Å². The monoisotopic (exact) mass is 554 g/mol. The lowest BCUT2D eigenvalue weighted by atomic mass is 10.0. The number of anilines is 3. The summed E-state index contributed by atoms with van der Waals surface area (Å²) in [5.74, 6) is 0.747. The summed E-state index contributed by atoms with van der Waals surface area (Å²) in [4.78, 5) is 20.9. The summed E-state index contributed by atoms with van der Waals surface area (Å²) in [6.45, 7) is 6.18. The number of nitrogens with zero attached hydrogens (tertiary/aromatic N) is 6. The lowest BCUT2D eigenvalue weighted by Crippen LogP contribution is -2.48. The van der Waals surface area contributed by atoms with Gasteiger partial charge in [0.2, 0.25) is 5.95 Å². The van der Waals surface area contributed by atoms with Crippen LogP contribution in [0.25, 0.3) is 32.2 Å². The van der Waals surface area contributed by atoms with Crippen molar-refractivity contribution in [1.82, 2.24) is 25.2 Å². The molecule has 7 rings (SSSR count). The Labute approximate surface area is 228 Å². The zero-order valence-electron chi connectivity index (χ0n) is 21.0. The van der Waals surface area contributed by atoms with E-state index in [1.165, 1.54) is 11.3 Å². The van der Waals surface area contributed by atoms with Gasteiger partial charge in [-0.1, -0.05) is 35.1 Å². The minimum Gasteiger partial charge on any atom is -0.375 e. The Morgan fingerprint density at radius 2 is 1.95 bits per heavy atom. The van der Waals surface area contributed by atoms with E-state index in [1.807, 2.05) is 18.2 Å². The largest absolute Gasteiger partial charge is 0.375 e. The zero-order valence-corrected chi connectivity index (χ0v) is 22.5. The number of thiazole rings is 1. The van der Waals surface area contributed by atoms with Crippen molar-refractivity contribution in [3.63, 3.8) is 0 Å². The van der Waals surface area contributed by atoms with Crippen LogP contribution in [0, 0.1) is 5.82 Å². The van der Waals surface area contributed by atoms with Gasteiger partial charge in [-0.25, -0.2) is 14.4 Å². The van der Waals surface area contributed by atoms with Crippen molar-refractivity contribution >= 4 is 61.0 Å².